The zero-order chi connectivity index (χ0) is 20.2. The fraction of sp³-hybridized carbons (Fsp3) is 0.381. The van der Waals surface area contributed by atoms with Gasteiger partial charge in [0.05, 0.1) is 0 Å². The van der Waals surface area contributed by atoms with Crippen LogP contribution in [0.4, 0.5) is 8.78 Å². The predicted octanol–water partition coefficient (Wildman–Crippen LogP) is 4.19. The predicted molar refractivity (Wildman–Crippen MR) is 104 cm³/mol. The van der Waals surface area contributed by atoms with Gasteiger partial charge in [0.2, 0.25) is 5.91 Å². The van der Waals surface area contributed by atoms with E-state index in [4.69, 9.17) is 14.2 Å². The molecule has 5 nitrogen and oxygen atoms in total. The summed E-state index contributed by atoms with van der Waals surface area (Å²) in [5.74, 6) is -0.693. The van der Waals surface area contributed by atoms with E-state index in [2.05, 4.69) is 27.3 Å². The molecule has 152 valence electrons. The molecule has 5 aliphatic rings. The molecule has 3 unspecified atom stereocenters. The minimum Gasteiger partial charge on any atom is -0.492 e. The van der Waals surface area contributed by atoms with Gasteiger partial charge in [0.15, 0.2) is 11.5 Å². The molecule has 1 saturated carbocycles. The quantitative estimate of drug-likeness (QED) is 0.631. The highest BCUT2D eigenvalue weighted by atomic mass is 79.9. The number of hydrogen-bond donors (Lipinski definition) is 1. The van der Waals surface area contributed by atoms with Gasteiger partial charge in [-0.05, 0) is 18.6 Å². The number of rotatable bonds is 1. The Morgan fingerprint density at radius 2 is 1.90 bits per heavy atom. The Morgan fingerprint density at radius 3 is 2.55 bits per heavy atom. The van der Waals surface area contributed by atoms with Gasteiger partial charge in [-0.3, -0.25) is 4.79 Å². The molecular formula is C21H18BrF2NO4. The Balaban J connectivity index is 0.000000222. The van der Waals surface area contributed by atoms with Gasteiger partial charge in [0, 0.05) is 40.9 Å². The normalized spacial score (nSPS) is 31.1. The molecular weight excluding hydrogens is 448 g/mol. The van der Waals surface area contributed by atoms with Crippen molar-refractivity contribution in [3.05, 3.63) is 54.1 Å². The third kappa shape index (κ3) is 2.87. The highest BCUT2D eigenvalue weighted by Crippen LogP contribution is 2.54. The summed E-state index contributed by atoms with van der Waals surface area (Å²) in [4.78, 5) is 12.7. The Hall–Kier alpha value is -2.35. The first kappa shape index (κ1) is 18.7. The Bertz CT molecular complexity index is 974. The Kier molecular flexibility index (Phi) is 4.24. The third-order valence-corrected chi connectivity index (χ3v) is 6.77. The highest BCUT2D eigenvalue weighted by Gasteiger charge is 2.59. The van der Waals surface area contributed by atoms with Crippen LogP contribution in [-0.2, 0) is 10.2 Å². The highest BCUT2D eigenvalue weighted by molar-refractivity contribution is 9.09. The van der Waals surface area contributed by atoms with Crippen LogP contribution >= 0.6 is 15.9 Å². The number of allylic oxidation sites excluding steroid dienone is 4. The van der Waals surface area contributed by atoms with E-state index in [1.165, 1.54) is 12.5 Å². The van der Waals surface area contributed by atoms with Crippen molar-refractivity contribution in [3.63, 3.8) is 0 Å². The number of nitrogens with one attached hydrogen (secondary N) is 1. The first-order valence-corrected chi connectivity index (χ1v) is 10.5. The second-order valence-corrected chi connectivity index (χ2v) is 8.32. The molecule has 3 aliphatic heterocycles. The lowest BCUT2D eigenvalue weighted by molar-refractivity contribution is -0.125. The lowest BCUT2D eigenvalue weighted by atomic mass is 9.70. The molecule has 1 aromatic carbocycles. The average molecular weight is 466 g/mol. The van der Waals surface area contributed by atoms with Crippen LogP contribution in [0.2, 0.25) is 0 Å². The average Bonchev–Trinajstić information content (AvgIpc) is 3.06. The fourth-order valence-electron chi connectivity index (χ4n) is 4.20. The van der Waals surface area contributed by atoms with E-state index >= 15 is 0 Å². The number of benzene rings is 1. The van der Waals surface area contributed by atoms with E-state index < -0.39 is 11.3 Å². The van der Waals surface area contributed by atoms with Crippen LogP contribution in [0.25, 0.3) is 0 Å². The number of ether oxygens (including phenoxy) is 3. The van der Waals surface area contributed by atoms with Crippen molar-refractivity contribution in [2.45, 2.75) is 24.2 Å². The van der Waals surface area contributed by atoms with E-state index in [1.54, 1.807) is 6.07 Å². The van der Waals surface area contributed by atoms with Crippen molar-refractivity contribution in [2.24, 2.45) is 11.8 Å². The molecule has 0 bridgehead atoms. The molecule has 1 amide bonds. The van der Waals surface area contributed by atoms with Crippen molar-refractivity contribution >= 4 is 21.8 Å². The van der Waals surface area contributed by atoms with Gasteiger partial charge in [0.25, 0.3) is 5.92 Å². The summed E-state index contributed by atoms with van der Waals surface area (Å²) >= 11 is 2.97. The molecule has 1 saturated heterocycles. The maximum absolute atomic E-state index is 12.7. The molecule has 1 aromatic rings. The molecule has 3 heterocycles. The van der Waals surface area contributed by atoms with Crippen molar-refractivity contribution in [2.75, 3.05) is 11.9 Å². The topological polar surface area (TPSA) is 56.8 Å². The minimum absolute atomic E-state index is 0.00146. The van der Waals surface area contributed by atoms with E-state index in [0.717, 1.165) is 17.7 Å². The lowest BCUT2D eigenvalue weighted by Gasteiger charge is -2.27. The van der Waals surface area contributed by atoms with Gasteiger partial charge in [-0.25, -0.2) is 8.78 Å². The second kappa shape index (κ2) is 6.58. The Morgan fingerprint density at radius 1 is 1.17 bits per heavy atom. The largest absolute Gasteiger partial charge is 0.492 e. The number of amides is 1. The summed E-state index contributed by atoms with van der Waals surface area (Å²) in [6.07, 6.45) is 9.92. The molecule has 2 aliphatic carbocycles. The van der Waals surface area contributed by atoms with Crippen LogP contribution in [0.5, 0.6) is 17.2 Å². The van der Waals surface area contributed by atoms with Gasteiger partial charge in [-0.2, -0.15) is 0 Å². The van der Waals surface area contributed by atoms with Gasteiger partial charge in [0.1, 0.15) is 30.3 Å². The molecule has 0 radical (unpaired) electrons. The van der Waals surface area contributed by atoms with E-state index in [0.29, 0.717) is 29.2 Å². The van der Waals surface area contributed by atoms with Gasteiger partial charge >= 0.3 is 0 Å². The number of hydrogen-bond acceptors (Lipinski definition) is 4. The first-order valence-electron chi connectivity index (χ1n) is 9.37. The van der Waals surface area contributed by atoms with Crippen molar-refractivity contribution in [1.82, 2.24) is 5.32 Å². The number of carbonyl (C=O) groups excluding carboxylic acids is 1. The summed E-state index contributed by atoms with van der Waals surface area (Å²) < 4.78 is 40.3. The van der Waals surface area contributed by atoms with E-state index in [-0.39, 0.29) is 24.2 Å². The number of fused-ring (bicyclic) bond motifs is 5. The Labute approximate surface area is 174 Å². The van der Waals surface area contributed by atoms with Gasteiger partial charge in [-0.15, -0.1) is 0 Å². The van der Waals surface area contributed by atoms with Crippen LogP contribution in [0.1, 0.15) is 18.4 Å². The standard InChI is InChI=1S/C17H13NO4.C4H5BrF2/c19-16-17(10-3-1-2-4-12(10)18-16)9-22-13-8-15-14(7-11(13)17)20-5-6-21-15;5-2-3-1-4(3,6)7/h1-2,4-8,10H,3,9H2,(H,18,19);3H,1-2H2. The summed E-state index contributed by atoms with van der Waals surface area (Å²) in [7, 11) is 0. The summed E-state index contributed by atoms with van der Waals surface area (Å²) in [6.45, 7) is 0.348. The fourth-order valence-corrected chi connectivity index (χ4v) is 4.91. The third-order valence-electron chi connectivity index (χ3n) is 5.99. The molecule has 1 N–H and O–H groups in total. The number of halogens is 3. The molecule has 1 spiro atoms. The minimum atomic E-state index is -2.33. The van der Waals surface area contributed by atoms with Crippen LogP contribution < -0.4 is 19.5 Å². The second-order valence-electron chi connectivity index (χ2n) is 7.67. The number of alkyl halides is 3. The van der Waals surface area contributed by atoms with Crippen LogP contribution in [-0.4, -0.2) is 23.8 Å². The van der Waals surface area contributed by atoms with Crippen molar-refractivity contribution in [1.29, 1.82) is 0 Å². The molecule has 0 aromatic heterocycles. The molecule has 6 rings (SSSR count). The maximum Gasteiger partial charge on any atom is 0.252 e. The van der Waals surface area contributed by atoms with Crippen molar-refractivity contribution < 1.29 is 27.8 Å². The first-order chi connectivity index (χ1) is 14.0. The maximum atomic E-state index is 12.7. The van der Waals surface area contributed by atoms with Gasteiger partial charge in [-0.1, -0.05) is 28.1 Å². The summed E-state index contributed by atoms with van der Waals surface area (Å²) in [5.41, 5.74) is 1.18. The van der Waals surface area contributed by atoms with E-state index in [9.17, 15) is 13.6 Å². The molecule has 29 heavy (non-hydrogen) atoms. The zero-order valence-electron chi connectivity index (χ0n) is 15.3. The smallest absolute Gasteiger partial charge is 0.252 e. The zero-order valence-corrected chi connectivity index (χ0v) is 16.9. The summed E-state index contributed by atoms with van der Waals surface area (Å²) in [5, 5.41) is 3.46. The molecule has 3 atom stereocenters. The van der Waals surface area contributed by atoms with Crippen LogP contribution in [0.15, 0.2) is 48.6 Å². The lowest BCUT2D eigenvalue weighted by Crippen LogP contribution is -2.41. The monoisotopic (exact) mass is 465 g/mol. The number of carbonyl (C=O) groups is 1. The van der Waals surface area contributed by atoms with Crippen molar-refractivity contribution in [3.8, 4) is 17.2 Å². The van der Waals surface area contributed by atoms with Gasteiger partial charge < -0.3 is 19.5 Å². The van der Waals surface area contributed by atoms with E-state index in [1.807, 2.05) is 18.2 Å². The van der Waals surface area contributed by atoms with Crippen LogP contribution in [0, 0.1) is 11.8 Å². The molecule has 8 heteroatoms. The summed E-state index contributed by atoms with van der Waals surface area (Å²) in [6, 6.07) is 3.68. The van der Waals surface area contributed by atoms with Crippen LogP contribution in [0.3, 0.4) is 0 Å². The SMILES string of the molecule is FC1(F)CC1CBr.O=C1NC2=CC=CCC2C12COc1cc3c(cc12)OC=CO3. The molecule has 2 fully saturated rings.